The molecule has 0 heterocycles. The molecule has 0 aliphatic heterocycles. The predicted octanol–water partition coefficient (Wildman–Crippen LogP) is 5.29. The number of hydrogen-bond acceptors (Lipinski definition) is 2. The molecule has 0 bridgehead atoms. The van der Waals surface area contributed by atoms with Crippen LogP contribution in [0.2, 0.25) is 0 Å². The van der Waals surface area contributed by atoms with Crippen LogP contribution in [0.15, 0.2) is 59.1 Å². The van der Waals surface area contributed by atoms with Gasteiger partial charge in [0.1, 0.15) is 11.5 Å². The number of rotatable bonds is 3. The average Bonchev–Trinajstić information content (AvgIpc) is 2.53. The highest BCUT2D eigenvalue weighted by Gasteiger charge is 2.04. The minimum absolute atomic E-state index is 0.842. The zero-order valence-corrected chi connectivity index (χ0v) is 13.5. The Balaban J connectivity index is 2.10. The van der Waals surface area contributed by atoms with E-state index in [4.69, 9.17) is 9.47 Å². The lowest BCUT2D eigenvalue weighted by atomic mass is 10.0. The second-order valence-electron chi connectivity index (χ2n) is 4.81. The van der Waals surface area contributed by atoms with Gasteiger partial charge in [0, 0.05) is 4.47 Å². The Bertz CT molecular complexity index is 796. The minimum Gasteiger partial charge on any atom is -0.497 e. The highest BCUT2D eigenvalue weighted by Crippen LogP contribution is 2.31. The van der Waals surface area contributed by atoms with Crippen LogP contribution in [-0.4, -0.2) is 14.2 Å². The van der Waals surface area contributed by atoms with Crippen molar-refractivity contribution in [2.24, 2.45) is 0 Å². The maximum Gasteiger partial charge on any atom is 0.120 e. The van der Waals surface area contributed by atoms with E-state index >= 15 is 0 Å². The number of ether oxygens (including phenoxy) is 2. The Morgan fingerprint density at radius 1 is 0.667 bits per heavy atom. The van der Waals surface area contributed by atoms with Gasteiger partial charge in [-0.05, 0) is 58.3 Å². The van der Waals surface area contributed by atoms with Crippen LogP contribution in [-0.2, 0) is 0 Å². The van der Waals surface area contributed by atoms with E-state index in [1.54, 1.807) is 14.2 Å². The maximum absolute atomic E-state index is 5.33. The third kappa shape index (κ3) is 2.88. The van der Waals surface area contributed by atoms with Gasteiger partial charge in [-0.15, -0.1) is 0 Å². The van der Waals surface area contributed by atoms with Crippen molar-refractivity contribution in [1.82, 2.24) is 0 Å². The summed E-state index contributed by atoms with van der Waals surface area (Å²) in [5, 5.41) is 2.35. The first-order chi connectivity index (χ1) is 10.2. The molecule has 0 aromatic heterocycles. The van der Waals surface area contributed by atoms with Gasteiger partial charge in [-0.1, -0.05) is 34.1 Å². The van der Waals surface area contributed by atoms with E-state index in [2.05, 4.69) is 46.3 Å². The summed E-state index contributed by atoms with van der Waals surface area (Å²) in [5.74, 6) is 1.72. The lowest BCUT2D eigenvalue weighted by Gasteiger charge is -2.08. The van der Waals surface area contributed by atoms with E-state index in [1.807, 2.05) is 24.3 Å². The van der Waals surface area contributed by atoms with Crippen LogP contribution >= 0.6 is 15.9 Å². The van der Waals surface area contributed by atoms with Crippen molar-refractivity contribution < 1.29 is 9.47 Å². The van der Waals surface area contributed by atoms with E-state index in [0.717, 1.165) is 27.1 Å². The Kier molecular flexibility index (Phi) is 3.84. The zero-order valence-electron chi connectivity index (χ0n) is 11.9. The third-order valence-corrected chi connectivity index (χ3v) is 3.95. The Labute approximate surface area is 132 Å². The van der Waals surface area contributed by atoms with Crippen molar-refractivity contribution >= 4 is 26.7 Å². The molecule has 0 amide bonds. The van der Waals surface area contributed by atoms with Crippen LogP contribution in [0, 0.1) is 0 Å². The average molecular weight is 343 g/mol. The van der Waals surface area contributed by atoms with Gasteiger partial charge in [0.05, 0.1) is 14.2 Å². The largest absolute Gasteiger partial charge is 0.497 e. The molecule has 0 saturated carbocycles. The van der Waals surface area contributed by atoms with Crippen molar-refractivity contribution in [2.45, 2.75) is 0 Å². The van der Waals surface area contributed by atoms with Crippen LogP contribution in [0.3, 0.4) is 0 Å². The minimum atomic E-state index is 0.842. The van der Waals surface area contributed by atoms with Crippen molar-refractivity contribution in [3.8, 4) is 22.6 Å². The fourth-order valence-corrected chi connectivity index (χ4v) is 2.85. The predicted molar refractivity (Wildman–Crippen MR) is 90.2 cm³/mol. The summed E-state index contributed by atoms with van der Waals surface area (Å²) >= 11 is 3.52. The topological polar surface area (TPSA) is 18.5 Å². The molecule has 3 rings (SSSR count). The van der Waals surface area contributed by atoms with E-state index in [9.17, 15) is 0 Å². The first kappa shape index (κ1) is 14.0. The second-order valence-corrected chi connectivity index (χ2v) is 5.72. The van der Waals surface area contributed by atoms with Crippen molar-refractivity contribution in [3.05, 3.63) is 59.1 Å². The molecule has 0 N–H and O–H groups in total. The summed E-state index contributed by atoms with van der Waals surface area (Å²) in [4.78, 5) is 0. The van der Waals surface area contributed by atoms with Crippen LogP contribution in [0.1, 0.15) is 0 Å². The molecule has 0 saturated heterocycles. The summed E-state index contributed by atoms with van der Waals surface area (Å²) in [5.41, 5.74) is 2.28. The Morgan fingerprint density at radius 3 is 2.14 bits per heavy atom. The summed E-state index contributed by atoms with van der Waals surface area (Å²) in [7, 11) is 3.36. The lowest BCUT2D eigenvalue weighted by Crippen LogP contribution is -1.86. The summed E-state index contributed by atoms with van der Waals surface area (Å²) in [6.45, 7) is 0. The number of methoxy groups -OCH3 is 2. The molecule has 0 unspecified atom stereocenters. The highest BCUT2D eigenvalue weighted by atomic mass is 79.9. The molecule has 106 valence electrons. The smallest absolute Gasteiger partial charge is 0.120 e. The lowest BCUT2D eigenvalue weighted by molar-refractivity contribution is 0.414. The maximum atomic E-state index is 5.33. The normalized spacial score (nSPS) is 10.6. The Morgan fingerprint density at radius 2 is 1.38 bits per heavy atom. The van der Waals surface area contributed by atoms with Crippen LogP contribution < -0.4 is 9.47 Å². The first-order valence-electron chi connectivity index (χ1n) is 6.62. The molecule has 0 radical (unpaired) electrons. The molecule has 0 atom stereocenters. The Hall–Kier alpha value is -2.00. The van der Waals surface area contributed by atoms with E-state index in [0.29, 0.717) is 0 Å². The van der Waals surface area contributed by atoms with E-state index in [-0.39, 0.29) is 0 Å². The standard InChI is InChI=1S/C18H15BrO2/c1-20-17-6-5-12-7-13(3-4-14(12)9-17)15-8-16(19)11-18(10-15)21-2/h3-11H,1-2H3. The van der Waals surface area contributed by atoms with E-state index in [1.165, 1.54) is 10.8 Å². The molecule has 0 fully saturated rings. The monoisotopic (exact) mass is 342 g/mol. The summed E-state index contributed by atoms with van der Waals surface area (Å²) in [6.07, 6.45) is 0. The third-order valence-electron chi connectivity index (χ3n) is 3.49. The number of benzene rings is 3. The van der Waals surface area contributed by atoms with Gasteiger partial charge in [0.25, 0.3) is 0 Å². The number of halogens is 1. The molecule has 0 spiro atoms. The molecule has 21 heavy (non-hydrogen) atoms. The highest BCUT2D eigenvalue weighted by molar-refractivity contribution is 9.10. The van der Waals surface area contributed by atoms with E-state index < -0.39 is 0 Å². The fourth-order valence-electron chi connectivity index (χ4n) is 2.38. The van der Waals surface area contributed by atoms with Crippen molar-refractivity contribution in [3.63, 3.8) is 0 Å². The molecule has 3 aromatic rings. The van der Waals surface area contributed by atoms with Crippen LogP contribution in [0.4, 0.5) is 0 Å². The SMILES string of the molecule is COc1cc(Br)cc(-c2ccc3cc(OC)ccc3c2)c1. The van der Waals surface area contributed by atoms with Gasteiger partial charge in [0.15, 0.2) is 0 Å². The van der Waals surface area contributed by atoms with Crippen molar-refractivity contribution in [1.29, 1.82) is 0 Å². The molecule has 0 aliphatic rings. The van der Waals surface area contributed by atoms with Crippen LogP contribution in [0.5, 0.6) is 11.5 Å². The summed E-state index contributed by atoms with van der Waals surface area (Å²) < 4.78 is 11.6. The van der Waals surface area contributed by atoms with Gasteiger partial charge >= 0.3 is 0 Å². The second kappa shape index (κ2) is 5.78. The van der Waals surface area contributed by atoms with Gasteiger partial charge in [-0.25, -0.2) is 0 Å². The quantitative estimate of drug-likeness (QED) is 0.644. The van der Waals surface area contributed by atoms with Crippen LogP contribution in [0.25, 0.3) is 21.9 Å². The zero-order chi connectivity index (χ0) is 14.8. The molecule has 3 heteroatoms. The number of fused-ring (bicyclic) bond motifs is 1. The van der Waals surface area contributed by atoms with Gasteiger partial charge < -0.3 is 9.47 Å². The van der Waals surface area contributed by atoms with Gasteiger partial charge in [-0.2, -0.15) is 0 Å². The molecule has 0 aliphatic carbocycles. The summed E-state index contributed by atoms with van der Waals surface area (Å²) in [6, 6.07) is 18.6. The number of hydrogen-bond donors (Lipinski definition) is 0. The molecule has 2 nitrogen and oxygen atoms in total. The van der Waals surface area contributed by atoms with Gasteiger partial charge in [0.2, 0.25) is 0 Å². The van der Waals surface area contributed by atoms with Gasteiger partial charge in [-0.3, -0.25) is 0 Å². The molecule has 3 aromatic carbocycles. The fraction of sp³-hybridized carbons (Fsp3) is 0.111. The molecular formula is C18H15BrO2. The van der Waals surface area contributed by atoms with Crippen molar-refractivity contribution in [2.75, 3.05) is 14.2 Å². The first-order valence-corrected chi connectivity index (χ1v) is 7.41. The molecular weight excluding hydrogens is 328 g/mol.